The SMILES string of the molecule is CCN(C(C)C)C(C)(C(=O)O)C1CC1. The van der Waals surface area contributed by atoms with Gasteiger partial charge in [0.15, 0.2) is 0 Å². The van der Waals surface area contributed by atoms with Gasteiger partial charge in [0, 0.05) is 6.04 Å². The molecular formula is C11H21NO2. The van der Waals surface area contributed by atoms with Gasteiger partial charge >= 0.3 is 5.97 Å². The molecule has 82 valence electrons. The van der Waals surface area contributed by atoms with E-state index in [1.165, 1.54) is 0 Å². The second-order valence-electron chi connectivity index (χ2n) is 4.61. The predicted octanol–water partition coefficient (Wildman–Crippen LogP) is 1.97. The first-order valence-electron chi connectivity index (χ1n) is 5.44. The van der Waals surface area contributed by atoms with Gasteiger partial charge in [0.1, 0.15) is 5.54 Å². The number of hydrogen-bond acceptors (Lipinski definition) is 2. The number of likely N-dealkylation sites (N-methyl/N-ethyl adjacent to an activating group) is 1. The van der Waals surface area contributed by atoms with Crippen molar-refractivity contribution in [3.05, 3.63) is 0 Å². The number of rotatable bonds is 5. The van der Waals surface area contributed by atoms with E-state index < -0.39 is 11.5 Å². The minimum Gasteiger partial charge on any atom is -0.480 e. The quantitative estimate of drug-likeness (QED) is 0.736. The number of carboxylic acid groups (broad SMARTS) is 1. The molecule has 0 radical (unpaired) electrons. The highest BCUT2D eigenvalue weighted by molar-refractivity contribution is 5.79. The van der Waals surface area contributed by atoms with Crippen molar-refractivity contribution < 1.29 is 9.90 Å². The molecule has 0 aliphatic heterocycles. The van der Waals surface area contributed by atoms with E-state index >= 15 is 0 Å². The zero-order chi connectivity index (χ0) is 10.9. The normalized spacial score (nSPS) is 21.3. The highest BCUT2D eigenvalue weighted by Crippen LogP contribution is 2.43. The molecule has 1 saturated carbocycles. The van der Waals surface area contributed by atoms with Crippen LogP contribution < -0.4 is 0 Å². The molecule has 0 aromatic carbocycles. The van der Waals surface area contributed by atoms with Crippen LogP contribution in [0.1, 0.15) is 40.5 Å². The van der Waals surface area contributed by atoms with Gasteiger partial charge in [0.25, 0.3) is 0 Å². The molecule has 1 fully saturated rings. The van der Waals surface area contributed by atoms with Gasteiger partial charge in [-0.15, -0.1) is 0 Å². The standard InChI is InChI=1S/C11H21NO2/c1-5-12(8(2)3)11(4,10(13)14)9-6-7-9/h8-9H,5-7H2,1-4H3,(H,13,14). The first kappa shape index (κ1) is 11.5. The van der Waals surface area contributed by atoms with Gasteiger partial charge in [-0.1, -0.05) is 6.92 Å². The van der Waals surface area contributed by atoms with Gasteiger partial charge < -0.3 is 5.11 Å². The van der Waals surface area contributed by atoms with Crippen LogP contribution in [0.2, 0.25) is 0 Å². The van der Waals surface area contributed by atoms with Crippen LogP contribution >= 0.6 is 0 Å². The molecule has 1 atom stereocenters. The molecule has 0 saturated heterocycles. The maximum Gasteiger partial charge on any atom is 0.324 e. The van der Waals surface area contributed by atoms with Crippen LogP contribution in [0, 0.1) is 5.92 Å². The van der Waals surface area contributed by atoms with E-state index in [4.69, 9.17) is 0 Å². The molecular weight excluding hydrogens is 178 g/mol. The van der Waals surface area contributed by atoms with Crippen LogP contribution in [0.3, 0.4) is 0 Å². The molecule has 0 aromatic rings. The molecule has 0 amide bonds. The molecule has 3 heteroatoms. The van der Waals surface area contributed by atoms with Crippen molar-refractivity contribution in [3.63, 3.8) is 0 Å². The van der Waals surface area contributed by atoms with Crippen molar-refractivity contribution in [2.45, 2.75) is 52.1 Å². The van der Waals surface area contributed by atoms with Crippen LogP contribution in [-0.4, -0.2) is 34.1 Å². The number of carboxylic acids is 1. The lowest BCUT2D eigenvalue weighted by Gasteiger charge is -2.40. The Morgan fingerprint density at radius 2 is 2.07 bits per heavy atom. The molecule has 0 bridgehead atoms. The van der Waals surface area contributed by atoms with Gasteiger partial charge in [0.05, 0.1) is 0 Å². The van der Waals surface area contributed by atoms with E-state index in [1.807, 2.05) is 13.8 Å². The van der Waals surface area contributed by atoms with Gasteiger partial charge in [-0.3, -0.25) is 9.69 Å². The molecule has 0 spiro atoms. The van der Waals surface area contributed by atoms with Crippen LogP contribution in [0.15, 0.2) is 0 Å². The van der Waals surface area contributed by atoms with E-state index in [-0.39, 0.29) is 0 Å². The van der Waals surface area contributed by atoms with Crippen molar-refractivity contribution in [2.75, 3.05) is 6.54 Å². The van der Waals surface area contributed by atoms with Gasteiger partial charge in [-0.2, -0.15) is 0 Å². The summed E-state index contributed by atoms with van der Waals surface area (Å²) in [7, 11) is 0. The average molecular weight is 199 g/mol. The van der Waals surface area contributed by atoms with Crippen LogP contribution in [0.5, 0.6) is 0 Å². The minimum absolute atomic E-state index is 0.293. The second kappa shape index (κ2) is 3.89. The summed E-state index contributed by atoms with van der Waals surface area (Å²) in [5.41, 5.74) is -0.650. The van der Waals surface area contributed by atoms with E-state index in [0.717, 1.165) is 19.4 Å². The Hall–Kier alpha value is -0.570. The predicted molar refractivity (Wildman–Crippen MR) is 56.3 cm³/mol. The summed E-state index contributed by atoms with van der Waals surface area (Å²) < 4.78 is 0. The van der Waals surface area contributed by atoms with Crippen molar-refractivity contribution in [1.82, 2.24) is 4.90 Å². The summed E-state index contributed by atoms with van der Waals surface area (Å²) in [4.78, 5) is 13.5. The fourth-order valence-electron chi connectivity index (χ4n) is 2.41. The lowest BCUT2D eigenvalue weighted by Crippen LogP contribution is -2.56. The Kier molecular flexibility index (Phi) is 3.20. The zero-order valence-corrected chi connectivity index (χ0v) is 9.58. The third kappa shape index (κ3) is 1.78. The summed E-state index contributed by atoms with van der Waals surface area (Å²) in [6.07, 6.45) is 2.12. The lowest BCUT2D eigenvalue weighted by molar-refractivity contribution is -0.153. The van der Waals surface area contributed by atoms with Gasteiger partial charge in [0.2, 0.25) is 0 Å². The van der Waals surface area contributed by atoms with Crippen molar-refractivity contribution in [2.24, 2.45) is 5.92 Å². The first-order chi connectivity index (χ1) is 6.44. The molecule has 1 N–H and O–H groups in total. The van der Waals surface area contributed by atoms with E-state index in [0.29, 0.717) is 12.0 Å². The Balaban J connectivity index is 2.89. The monoisotopic (exact) mass is 199 g/mol. The lowest BCUT2D eigenvalue weighted by atomic mass is 9.92. The number of carbonyl (C=O) groups is 1. The summed E-state index contributed by atoms with van der Waals surface area (Å²) in [6.45, 7) is 8.83. The fraction of sp³-hybridized carbons (Fsp3) is 0.909. The van der Waals surface area contributed by atoms with Crippen molar-refractivity contribution in [1.29, 1.82) is 0 Å². The molecule has 14 heavy (non-hydrogen) atoms. The van der Waals surface area contributed by atoms with Gasteiger partial charge in [-0.25, -0.2) is 0 Å². The van der Waals surface area contributed by atoms with E-state index in [9.17, 15) is 9.90 Å². The Morgan fingerprint density at radius 1 is 1.57 bits per heavy atom. The smallest absolute Gasteiger partial charge is 0.324 e. The number of nitrogens with zero attached hydrogens (tertiary/aromatic N) is 1. The highest BCUT2D eigenvalue weighted by Gasteiger charge is 2.51. The summed E-state index contributed by atoms with van der Waals surface area (Å²) in [6, 6.07) is 0.293. The van der Waals surface area contributed by atoms with Crippen LogP contribution in [0.4, 0.5) is 0 Å². The maximum atomic E-state index is 11.4. The highest BCUT2D eigenvalue weighted by atomic mass is 16.4. The topological polar surface area (TPSA) is 40.5 Å². The number of aliphatic carboxylic acids is 1. The summed E-state index contributed by atoms with van der Waals surface area (Å²) in [5.74, 6) is -0.321. The molecule has 1 unspecified atom stereocenters. The largest absolute Gasteiger partial charge is 0.480 e. The van der Waals surface area contributed by atoms with E-state index in [2.05, 4.69) is 18.7 Å². The third-order valence-electron chi connectivity index (χ3n) is 3.37. The first-order valence-corrected chi connectivity index (χ1v) is 5.44. The molecule has 0 heterocycles. The molecule has 3 nitrogen and oxygen atoms in total. The van der Waals surface area contributed by atoms with E-state index in [1.54, 1.807) is 0 Å². The fourth-order valence-corrected chi connectivity index (χ4v) is 2.41. The Labute approximate surface area is 86.1 Å². The Bertz CT molecular complexity index is 223. The summed E-state index contributed by atoms with van der Waals surface area (Å²) >= 11 is 0. The molecule has 1 rings (SSSR count). The van der Waals surface area contributed by atoms with Gasteiger partial charge in [-0.05, 0) is 46.1 Å². The average Bonchev–Trinajstić information content (AvgIpc) is 2.85. The molecule has 1 aliphatic rings. The van der Waals surface area contributed by atoms with Crippen molar-refractivity contribution >= 4 is 5.97 Å². The Morgan fingerprint density at radius 3 is 2.29 bits per heavy atom. The zero-order valence-electron chi connectivity index (χ0n) is 9.58. The maximum absolute atomic E-state index is 11.4. The number of hydrogen-bond donors (Lipinski definition) is 1. The second-order valence-corrected chi connectivity index (χ2v) is 4.61. The summed E-state index contributed by atoms with van der Waals surface area (Å²) in [5, 5.41) is 9.35. The van der Waals surface area contributed by atoms with Crippen LogP contribution in [-0.2, 0) is 4.79 Å². The molecule has 0 aromatic heterocycles. The van der Waals surface area contributed by atoms with Crippen LogP contribution in [0.25, 0.3) is 0 Å². The third-order valence-corrected chi connectivity index (χ3v) is 3.37. The van der Waals surface area contributed by atoms with Crippen molar-refractivity contribution in [3.8, 4) is 0 Å². The minimum atomic E-state index is -0.671. The molecule has 1 aliphatic carbocycles.